The van der Waals surface area contributed by atoms with Gasteiger partial charge in [0.2, 0.25) is 0 Å². The van der Waals surface area contributed by atoms with Gasteiger partial charge in [-0.25, -0.2) is 0 Å². The molecule has 106 valence electrons. The zero-order chi connectivity index (χ0) is 14.3. The second kappa shape index (κ2) is 8.08. The standard InChI is InChI=1S/C16H27N3/c1-6-19(11-13(2)3)12-16-8-7-15(10-18-16)9-17-14(4)5/h7-8,10,14,17H,2,6,9,11-12H2,1,3-5H3. The zero-order valence-corrected chi connectivity index (χ0v) is 12.7. The first kappa shape index (κ1) is 15.9. The molecule has 0 aliphatic carbocycles. The van der Waals surface area contributed by atoms with Crippen LogP contribution in [0.4, 0.5) is 0 Å². The second-order valence-corrected chi connectivity index (χ2v) is 5.45. The average molecular weight is 261 g/mol. The quantitative estimate of drug-likeness (QED) is 0.729. The molecule has 3 nitrogen and oxygen atoms in total. The van der Waals surface area contributed by atoms with Gasteiger partial charge in [0.1, 0.15) is 0 Å². The summed E-state index contributed by atoms with van der Waals surface area (Å²) in [7, 11) is 0. The van der Waals surface area contributed by atoms with E-state index in [1.165, 1.54) is 11.1 Å². The van der Waals surface area contributed by atoms with Gasteiger partial charge in [-0.1, -0.05) is 39.0 Å². The number of aromatic nitrogens is 1. The highest BCUT2D eigenvalue weighted by molar-refractivity contribution is 5.14. The maximum absolute atomic E-state index is 4.54. The average Bonchev–Trinajstić information content (AvgIpc) is 2.36. The fraction of sp³-hybridized carbons (Fsp3) is 0.562. The summed E-state index contributed by atoms with van der Waals surface area (Å²) in [4.78, 5) is 6.88. The first-order chi connectivity index (χ1) is 9.01. The monoisotopic (exact) mass is 261 g/mol. The summed E-state index contributed by atoms with van der Waals surface area (Å²) >= 11 is 0. The molecule has 0 saturated heterocycles. The molecule has 1 N–H and O–H groups in total. The van der Waals surface area contributed by atoms with Crippen molar-refractivity contribution in [2.24, 2.45) is 0 Å². The van der Waals surface area contributed by atoms with Crippen LogP contribution < -0.4 is 5.32 Å². The Hall–Kier alpha value is -1.19. The number of nitrogens with one attached hydrogen (secondary N) is 1. The summed E-state index contributed by atoms with van der Waals surface area (Å²) < 4.78 is 0. The molecule has 1 aromatic rings. The number of likely N-dealkylation sites (N-methyl/N-ethyl adjacent to an activating group) is 1. The van der Waals surface area contributed by atoms with Gasteiger partial charge in [-0.15, -0.1) is 0 Å². The first-order valence-corrected chi connectivity index (χ1v) is 7.05. The third kappa shape index (κ3) is 6.50. The molecule has 1 heterocycles. The zero-order valence-electron chi connectivity index (χ0n) is 12.7. The normalized spacial score (nSPS) is 11.3. The largest absolute Gasteiger partial charge is 0.310 e. The van der Waals surface area contributed by atoms with Gasteiger partial charge in [0.25, 0.3) is 0 Å². The molecule has 0 radical (unpaired) electrons. The Labute approximate surface area is 117 Å². The summed E-state index contributed by atoms with van der Waals surface area (Å²) in [6.07, 6.45) is 1.97. The van der Waals surface area contributed by atoms with Gasteiger partial charge in [-0.05, 0) is 25.1 Å². The second-order valence-electron chi connectivity index (χ2n) is 5.45. The van der Waals surface area contributed by atoms with Crippen molar-refractivity contribution in [1.82, 2.24) is 15.2 Å². The van der Waals surface area contributed by atoms with Gasteiger partial charge >= 0.3 is 0 Å². The van der Waals surface area contributed by atoms with E-state index in [1.807, 2.05) is 6.20 Å². The van der Waals surface area contributed by atoms with E-state index in [-0.39, 0.29) is 0 Å². The minimum Gasteiger partial charge on any atom is -0.310 e. The molecule has 1 aromatic heterocycles. The maximum atomic E-state index is 4.54. The summed E-state index contributed by atoms with van der Waals surface area (Å²) in [5.74, 6) is 0. The lowest BCUT2D eigenvalue weighted by Gasteiger charge is -2.20. The third-order valence-electron chi connectivity index (χ3n) is 2.93. The van der Waals surface area contributed by atoms with E-state index < -0.39 is 0 Å². The predicted molar refractivity (Wildman–Crippen MR) is 82.0 cm³/mol. The molecule has 0 fully saturated rings. The SMILES string of the molecule is C=C(C)CN(CC)Cc1ccc(CNC(C)C)cn1. The predicted octanol–water partition coefficient (Wildman–Crippen LogP) is 2.98. The molecule has 19 heavy (non-hydrogen) atoms. The smallest absolute Gasteiger partial charge is 0.0544 e. The highest BCUT2D eigenvalue weighted by Crippen LogP contribution is 2.06. The number of rotatable bonds is 8. The minimum absolute atomic E-state index is 0.505. The minimum atomic E-state index is 0.505. The molecule has 0 spiro atoms. The number of nitrogens with zero attached hydrogens (tertiary/aromatic N) is 2. The fourth-order valence-electron chi connectivity index (χ4n) is 1.87. The van der Waals surface area contributed by atoms with E-state index in [9.17, 15) is 0 Å². The highest BCUT2D eigenvalue weighted by Gasteiger charge is 2.05. The van der Waals surface area contributed by atoms with E-state index in [4.69, 9.17) is 0 Å². The van der Waals surface area contributed by atoms with E-state index in [2.05, 4.69) is 61.6 Å². The van der Waals surface area contributed by atoms with Crippen LogP contribution in [-0.4, -0.2) is 29.0 Å². The molecule has 0 bridgehead atoms. The number of hydrogen-bond acceptors (Lipinski definition) is 3. The van der Waals surface area contributed by atoms with Crippen LogP contribution in [0.25, 0.3) is 0 Å². The van der Waals surface area contributed by atoms with Crippen LogP contribution in [0, 0.1) is 0 Å². The third-order valence-corrected chi connectivity index (χ3v) is 2.93. The highest BCUT2D eigenvalue weighted by atomic mass is 15.1. The van der Waals surface area contributed by atoms with Gasteiger partial charge in [0, 0.05) is 31.9 Å². The van der Waals surface area contributed by atoms with Crippen LogP contribution in [0.2, 0.25) is 0 Å². The van der Waals surface area contributed by atoms with Crippen molar-refractivity contribution in [3.8, 4) is 0 Å². The lowest BCUT2D eigenvalue weighted by molar-refractivity contribution is 0.301. The van der Waals surface area contributed by atoms with Gasteiger partial charge in [-0.2, -0.15) is 0 Å². The summed E-state index contributed by atoms with van der Waals surface area (Å²) in [5.41, 5.74) is 3.55. The van der Waals surface area contributed by atoms with E-state index in [0.29, 0.717) is 6.04 Å². The fourth-order valence-corrected chi connectivity index (χ4v) is 1.87. The van der Waals surface area contributed by atoms with Gasteiger partial charge < -0.3 is 5.32 Å². The lowest BCUT2D eigenvalue weighted by Crippen LogP contribution is -2.25. The number of pyridine rings is 1. The van der Waals surface area contributed by atoms with Crippen molar-refractivity contribution in [3.63, 3.8) is 0 Å². The lowest BCUT2D eigenvalue weighted by atomic mass is 10.2. The topological polar surface area (TPSA) is 28.2 Å². The molecule has 0 atom stereocenters. The molecule has 0 aromatic carbocycles. The van der Waals surface area contributed by atoms with Crippen molar-refractivity contribution in [3.05, 3.63) is 41.7 Å². The molecule has 0 aliphatic rings. The Morgan fingerprint density at radius 2 is 2.16 bits per heavy atom. The van der Waals surface area contributed by atoms with Crippen molar-refractivity contribution in [2.75, 3.05) is 13.1 Å². The Morgan fingerprint density at radius 1 is 1.42 bits per heavy atom. The van der Waals surface area contributed by atoms with Gasteiger partial charge in [0.05, 0.1) is 5.69 Å². The van der Waals surface area contributed by atoms with Gasteiger partial charge in [-0.3, -0.25) is 9.88 Å². The Balaban J connectivity index is 2.53. The molecule has 0 saturated carbocycles. The molecule has 0 aliphatic heterocycles. The van der Waals surface area contributed by atoms with Crippen molar-refractivity contribution in [2.45, 2.75) is 46.8 Å². The number of hydrogen-bond donors (Lipinski definition) is 1. The maximum Gasteiger partial charge on any atom is 0.0544 e. The molecule has 3 heteroatoms. The Kier molecular flexibility index (Phi) is 6.74. The van der Waals surface area contributed by atoms with Crippen molar-refractivity contribution < 1.29 is 0 Å². The molecular formula is C16H27N3. The van der Waals surface area contributed by atoms with E-state index >= 15 is 0 Å². The molecular weight excluding hydrogens is 234 g/mol. The van der Waals surface area contributed by atoms with Crippen LogP contribution in [0.3, 0.4) is 0 Å². The summed E-state index contributed by atoms with van der Waals surface area (Å²) in [6, 6.07) is 4.79. The summed E-state index contributed by atoms with van der Waals surface area (Å²) in [6.45, 7) is 16.2. The van der Waals surface area contributed by atoms with Crippen LogP contribution in [0.15, 0.2) is 30.5 Å². The molecule has 1 rings (SSSR count). The van der Waals surface area contributed by atoms with Gasteiger partial charge in [0.15, 0.2) is 0 Å². The van der Waals surface area contributed by atoms with Crippen molar-refractivity contribution in [1.29, 1.82) is 0 Å². The van der Waals surface area contributed by atoms with Crippen LogP contribution in [0.5, 0.6) is 0 Å². The Bertz CT molecular complexity index is 381. The van der Waals surface area contributed by atoms with E-state index in [0.717, 1.165) is 31.9 Å². The Morgan fingerprint density at radius 3 is 2.63 bits per heavy atom. The van der Waals surface area contributed by atoms with Crippen LogP contribution in [0.1, 0.15) is 39.0 Å². The van der Waals surface area contributed by atoms with Crippen LogP contribution >= 0.6 is 0 Å². The van der Waals surface area contributed by atoms with E-state index in [1.54, 1.807) is 0 Å². The van der Waals surface area contributed by atoms with Crippen LogP contribution in [-0.2, 0) is 13.1 Å². The van der Waals surface area contributed by atoms with Crippen molar-refractivity contribution >= 4 is 0 Å². The first-order valence-electron chi connectivity index (χ1n) is 7.05. The molecule has 0 unspecified atom stereocenters. The molecule has 0 amide bonds. The summed E-state index contributed by atoms with van der Waals surface area (Å²) in [5, 5.41) is 3.40.